The average Bonchev–Trinajstić information content (AvgIpc) is 2.66. The maximum absolute atomic E-state index is 5.93. The van der Waals surface area contributed by atoms with Crippen LogP contribution in [0.4, 0.5) is 0 Å². The lowest BCUT2D eigenvalue weighted by molar-refractivity contribution is 0.426. The number of hydrogen-bond donors (Lipinski definition) is 1. The Morgan fingerprint density at radius 2 is 2.40 bits per heavy atom. The molecule has 0 radical (unpaired) electrons. The molecule has 1 aliphatic rings. The van der Waals surface area contributed by atoms with E-state index < -0.39 is 0 Å². The Morgan fingerprint density at radius 3 is 3.00 bits per heavy atom. The predicted molar refractivity (Wildman–Crippen MR) is 67.7 cm³/mol. The van der Waals surface area contributed by atoms with E-state index in [1.807, 2.05) is 0 Å². The van der Waals surface area contributed by atoms with Crippen LogP contribution in [0.25, 0.3) is 0 Å². The smallest absolute Gasteiger partial charge is 0.0931 e. The van der Waals surface area contributed by atoms with Crippen LogP contribution in [0.15, 0.2) is 23.6 Å². The molecule has 0 saturated heterocycles. The molecule has 1 aromatic heterocycles. The minimum atomic E-state index is 0.408. The summed E-state index contributed by atoms with van der Waals surface area (Å²) in [5.74, 6) is 0. The summed E-state index contributed by atoms with van der Waals surface area (Å²) >= 11 is 7.53. The number of allylic oxidation sites excluding steroid dienone is 1. The van der Waals surface area contributed by atoms with Gasteiger partial charge in [0.05, 0.1) is 4.34 Å². The summed E-state index contributed by atoms with van der Waals surface area (Å²) < 4.78 is 0.877. The summed E-state index contributed by atoms with van der Waals surface area (Å²) in [6, 6.07) is 3.09. The van der Waals surface area contributed by atoms with E-state index in [1.165, 1.54) is 18.4 Å². The molecule has 0 bridgehead atoms. The average molecular weight is 242 g/mol. The van der Waals surface area contributed by atoms with E-state index >= 15 is 0 Å². The summed E-state index contributed by atoms with van der Waals surface area (Å²) in [4.78, 5) is 0. The minimum Gasteiger partial charge on any atom is -0.307 e. The number of nitrogens with one attached hydrogen (secondary N) is 1. The molecule has 1 N–H and O–H groups in total. The molecular weight excluding hydrogens is 226 g/mol. The van der Waals surface area contributed by atoms with E-state index in [9.17, 15) is 0 Å². The third-order valence-corrected chi connectivity index (χ3v) is 3.95. The van der Waals surface area contributed by atoms with Gasteiger partial charge in [-0.05, 0) is 43.2 Å². The van der Waals surface area contributed by atoms with E-state index in [-0.39, 0.29) is 0 Å². The van der Waals surface area contributed by atoms with Gasteiger partial charge in [-0.3, -0.25) is 0 Å². The van der Waals surface area contributed by atoms with Crippen molar-refractivity contribution in [2.24, 2.45) is 0 Å². The largest absolute Gasteiger partial charge is 0.307 e. The summed E-state index contributed by atoms with van der Waals surface area (Å²) in [5, 5.41) is 5.78. The van der Waals surface area contributed by atoms with E-state index in [4.69, 9.17) is 11.6 Å². The molecule has 15 heavy (non-hydrogen) atoms. The van der Waals surface area contributed by atoms with E-state index in [1.54, 1.807) is 11.3 Å². The van der Waals surface area contributed by atoms with Crippen molar-refractivity contribution in [3.05, 3.63) is 33.5 Å². The zero-order valence-corrected chi connectivity index (χ0v) is 10.4. The van der Waals surface area contributed by atoms with Crippen LogP contribution in [0.2, 0.25) is 4.34 Å². The fourth-order valence-electron chi connectivity index (χ4n) is 1.95. The molecule has 1 nitrogen and oxygen atoms in total. The Hall–Kier alpha value is -0.310. The molecule has 0 amide bonds. The number of hydrogen-bond acceptors (Lipinski definition) is 2. The monoisotopic (exact) mass is 241 g/mol. The number of halogens is 1. The molecule has 1 heterocycles. The molecule has 0 saturated carbocycles. The van der Waals surface area contributed by atoms with Crippen LogP contribution in [0.1, 0.15) is 37.8 Å². The highest BCUT2D eigenvalue weighted by molar-refractivity contribution is 7.14. The van der Waals surface area contributed by atoms with Crippen molar-refractivity contribution >= 4 is 22.9 Å². The second kappa shape index (κ2) is 5.15. The first-order valence-corrected chi connectivity index (χ1v) is 6.66. The quantitative estimate of drug-likeness (QED) is 0.784. The van der Waals surface area contributed by atoms with Gasteiger partial charge in [-0.1, -0.05) is 23.8 Å². The second-order valence-corrected chi connectivity index (χ2v) is 5.60. The lowest BCUT2D eigenvalue weighted by atomic mass is 10.0. The Labute approximate surface area is 100 Å². The van der Waals surface area contributed by atoms with E-state index in [0.29, 0.717) is 12.1 Å². The molecule has 82 valence electrons. The van der Waals surface area contributed by atoms with Crippen molar-refractivity contribution in [3.8, 4) is 0 Å². The van der Waals surface area contributed by atoms with Crippen LogP contribution in [-0.2, 0) is 0 Å². The van der Waals surface area contributed by atoms with Gasteiger partial charge in [-0.15, -0.1) is 11.3 Å². The molecule has 2 unspecified atom stereocenters. The van der Waals surface area contributed by atoms with Crippen molar-refractivity contribution < 1.29 is 0 Å². The van der Waals surface area contributed by atoms with Crippen molar-refractivity contribution in [1.29, 1.82) is 0 Å². The van der Waals surface area contributed by atoms with Crippen LogP contribution in [0.5, 0.6) is 0 Å². The summed E-state index contributed by atoms with van der Waals surface area (Å²) in [6.07, 6.45) is 8.15. The Morgan fingerprint density at radius 1 is 1.53 bits per heavy atom. The zero-order valence-electron chi connectivity index (χ0n) is 8.87. The molecule has 0 spiro atoms. The minimum absolute atomic E-state index is 0.408. The summed E-state index contributed by atoms with van der Waals surface area (Å²) in [7, 11) is 0. The van der Waals surface area contributed by atoms with Gasteiger partial charge in [0.25, 0.3) is 0 Å². The molecule has 0 aromatic carbocycles. The fraction of sp³-hybridized carbons (Fsp3) is 0.500. The van der Waals surface area contributed by atoms with E-state index in [2.05, 4.69) is 35.8 Å². The molecule has 0 fully saturated rings. The SMILES string of the molecule is CC(NC1CC=CCC1)c1csc(Cl)c1. The van der Waals surface area contributed by atoms with Gasteiger partial charge in [-0.25, -0.2) is 0 Å². The summed E-state index contributed by atoms with van der Waals surface area (Å²) in [5.41, 5.74) is 1.31. The topological polar surface area (TPSA) is 12.0 Å². The van der Waals surface area contributed by atoms with Gasteiger partial charge >= 0.3 is 0 Å². The molecule has 3 heteroatoms. The molecule has 1 aliphatic carbocycles. The first-order chi connectivity index (χ1) is 7.25. The van der Waals surface area contributed by atoms with E-state index in [0.717, 1.165) is 10.8 Å². The van der Waals surface area contributed by atoms with Crippen LogP contribution >= 0.6 is 22.9 Å². The molecule has 2 rings (SSSR count). The molecule has 1 aromatic rings. The number of thiophene rings is 1. The maximum Gasteiger partial charge on any atom is 0.0931 e. The van der Waals surface area contributed by atoms with Crippen molar-refractivity contribution in [2.75, 3.05) is 0 Å². The van der Waals surface area contributed by atoms with Crippen LogP contribution in [0, 0.1) is 0 Å². The third-order valence-electron chi connectivity index (χ3n) is 2.84. The lowest BCUT2D eigenvalue weighted by Gasteiger charge is -2.23. The second-order valence-electron chi connectivity index (χ2n) is 4.05. The zero-order chi connectivity index (χ0) is 10.7. The van der Waals surface area contributed by atoms with Crippen molar-refractivity contribution in [3.63, 3.8) is 0 Å². The molecule has 0 aliphatic heterocycles. The first kappa shape index (κ1) is 11.2. The third kappa shape index (κ3) is 3.07. The first-order valence-electron chi connectivity index (χ1n) is 5.40. The lowest BCUT2D eigenvalue weighted by Crippen LogP contribution is -2.31. The van der Waals surface area contributed by atoms with Crippen LogP contribution in [0.3, 0.4) is 0 Å². The number of rotatable bonds is 3. The van der Waals surface area contributed by atoms with Gasteiger partial charge in [0.15, 0.2) is 0 Å². The Kier molecular flexibility index (Phi) is 3.84. The van der Waals surface area contributed by atoms with Crippen molar-refractivity contribution in [1.82, 2.24) is 5.32 Å². The van der Waals surface area contributed by atoms with Gasteiger partial charge in [0.1, 0.15) is 0 Å². The predicted octanol–water partition coefficient (Wildman–Crippen LogP) is 4.16. The highest BCUT2D eigenvalue weighted by Gasteiger charge is 2.14. The van der Waals surface area contributed by atoms with Crippen molar-refractivity contribution in [2.45, 2.75) is 38.3 Å². The normalized spacial score (nSPS) is 22.9. The Balaban J connectivity index is 1.91. The van der Waals surface area contributed by atoms with Gasteiger partial charge < -0.3 is 5.32 Å². The fourth-order valence-corrected chi connectivity index (χ4v) is 2.93. The highest BCUT2D eigenvalue weighted by Crippen LogP contribution is 2.25. The Bertz CT molecular complexity index is 345. The highest BCUT2D eigenvalue weighted by atomic mass is 35.5. The molecule has 2 atom stereocenters. The maximum atomic E-state index is 5.93. The standard InChI is InChI=1S/C12H16ClNS/c1-9(10-7-12(13)15-8-10)14-11-5-3-2-4-6-11/h2-3,7-9,11,14H,4-6H2,1H3. The summed E-state index contributed by atoms with van der Waals surface area (Å²) in [6.45, 7) is 2.21. The van der Waals surface area contributed by atoms with Gasteiger partial charge in [-0.2, -0.15) is 0 Å². The molecular formula is C12H16ClNS. The van der Waals surface area contributed by atoms with Gasteiger partial charge in [0, 0.05) is 12.1 Å². The van der Waals surface area contributed by atoms with Crippen LogP contribution < -0.4 is 5.32 Å². The van der Waals surface area contributed by atoms with Gasteiger partial charge in [0.2, 0.25) is 0 Å². The van der Waals surface area contributed by atoms with Crippen LogP contribution in [-0.4, -0.2) is 6.04 Å².